The molecular formula is C16H30N4O6. The van der Waals surface area contributed by atoms with Gasteiger partial charge >= 0.3 is 0 Å². The molecule has 1 fully saturated rings. The van der Waals surface area contributed by atoms with Crippen LogP contribution in [0.4, 0.5) is 0 Å². The maximum absolute atomic E-state index is 9.96. The Morgan fingerprint density at radius 3 is 2.65 bits per heavy atom. The first-order chi connectivity index (χ1) is 12.4. The zero-order valence-corrected chi connectivity index (χ0v) is 15.0. The summed E-state index contributed by atoms with van der Waals surface area (Å²) in [7, 11) is 0. The van der Waals surface area contributed by atoms with E-state index in [0.717, 1.165) is 12.1 Å². The van der Waals surface area contributed by atoms with Gasteiger partial charge in [0, 0.05) is 12.6 Å². The van der Waals surface area contributed by atoms with Gasteiger partial charge in [-0.2, -0.15) is 0 Å². The summed E-state index contributed by atoms with van der Waals surface area (Å²) in [5.41, 5.74) is 6.44. The number of nitrogens with zero attached hydrogens (tertiary/aromatic N) is 3. The third kappa shape index (κ3) is 5.95. The summed E-state index contributed by atoms with van der Waals surface area (Å²) < 4.78 is 12.7. The van der Waals surface area contributed by atoms with Gasteiger partial charge in [0.1, 0.15) is 30.1 Å². The molecule has 2 rings (SSSR count). The van der Waals surface area contributed by atoms with Crippen LogP contribution in [0.5, 0.6) is 0 Å². The number of hydrogen-bond acceptors (Lipinski definition) is 9. The fraction of sp³-hybridized carbons (Fsp3) is 0.875. The van der Waals surface area contributed by atoms with Gasteiger partial charge in [-0.05, 0) is 26.2 Å². The van der Waals surface area contributed by atoms with Crippen molar-refractivity contribution < 1.29 is 29.9 Å². The van der Waals surface area contributed by atoms with Crippen molar-refractivity contribution in [1.29, 1.82) is 0 Å². The van der Waals surface area contributed by atoms with Crippen LogP contribution in [0.25, 0.3) is 0 Å². The third-order valence-electron chi connectivity index (χ3n) is 4.33. The van der Waals surface area contributed by atoms with Crippen molar-refractivity contribution in [2.45, 2.75) is 75.9 Å². The molecule has 0 bridgehead atoms. The van der Waals surface area contributed by atoms with Gasteiger partial charge in [-0.25, -0.2) is 0 Å². The van der Waals surface area contributed by atoms with Crippen LogP contribution in [-0.2, 0) is 22.6 Å². The fourth-order valence-electron chi connectivity index (χ4n) is 2.93. The monoisotopic (exact) mass is 374 g/mol. The summed E-state index contributed by atoms with van der Waals surface area (Å²) >= 11 is 0. The molecule has 0 aromatic carbocycles. The highest BCUT2D eigenvalue weighted by Crippen LogP contribution is 2.24. The van der Waals surface area contributed by atoms with E-state index in [1.54, 1.807) is 10.9 Å². The van der Waals surface area contributed by atoms with E-state index >= 15 is 0 Å². The number of ether oxygens (including phenoxy) is 2. The molecule has 6 N–H and O–H groups in total. The largest absolute Gasteiger partial charge is 0.394 e. The van der Waals surface area contributed by atoms with Crippen molar-refractivity contribution in [3.05, 3.63) is 11.9 Å². The molecule has 1 saturated heterocycles. The van der Waals surface area contributed by atoms with E-state index in [4.69, 9.17) is 20.3 Å². The molecule has 1 aliphatic heterocycles. The number of hydrogen-bond donors (Lipinski definition) is 5. The Balaban J connectivity index is 1.62. The lowest BCUT2D eigenvalue weighted by atomic mass is 9.92. The van der Waals surface area contributed by atoms with E-state index < -0.39 is 37.1 Å². The summed E-state index contributed by atoms with van der Waals surface area (Å²) in [5.74, 6) is 0. The van der Waals surface area contributed by atoms with Crippen molar-refractivity contribution in [3.63, 3.8) is 0 Å². The van der Waals surface area contributed by atoms with Gasteiger partial charge in [-0.15, -0.1) is 5.10 Å². The highest BCUT2D eigenvalue weighted by Gasteiger charge is 2.42. The van der Waals surface area contributed by atoms with Crippen LogP contribution in [-0.4, -0.2) is 85.2 Å². The Kier molecular flexibility index (Phi) is 8.35. The normalized spacial score (nSPS) is 30.5. The maximum Gasteiger partial charge on any atom is 0.111 e. The zero-order valence-electron chi connectivity index (χ0n) is 15.0. The van der Waals surface area contributed by atoms with Crippen LogP contribution in [0.15, 0.2) is 6.20 Å². The van der Waals surface area contributed by atoms with Gasteiger partial charge in [0.15, 0.2) is 0 Å². The molecule has 0 amide bonds. The van der Waals surface area contributed by atoms with Gasteiger partial charge in [0.2, 0.25) is 0 Å². The Morgan fingerprint density at radius 1 is 1.23 bits per heavy atom. The molecule has 0 aliphatic carbocycles. The van der Waals surface area contributed by atoms with E-state index in [-0.39, 0.29) is 6.04 Å². The Labute approximate surface area is 152 Å². The minimum Gasteiger partial charge on any atom is -0.394 e. The second kappa shape index (κ2) is 10.3. The molecule has 1 aromatic heterocycles. The molecule has 2 heterocycles. The summed E-state index contributed by atoms with van der Waals surface area (Å²) in [6.45, 7) is 2.96. The molecule has 6 atom stereocenters. The highest BCUT2D eigenvalue weighted by molar-refractivity contribution is 4.92. The van der Waals surface area contributed by atoms with Crippen LogP contribution in [0, 0.1) is 0 Å². The van der Waals surface area contributed by atoms with Gasteiger partial charge in [0.25, 0.3) is 0 Å². The third-order valence-corrected chi connectivity index (χ3v) is 4.33. The molecule has 10 heteroatoms. The molecular weight excluding hydrogens is 344 g/mol. The van der Waals surface area contributed by atoms with Crippen molar-refractivity contribution in [1.82, 2.24) is 15.0 Å². The molecule has 1 aromatic rings. The first kappa shape index (κ1) is 21.2. The number of aliphatic hydroxyl groups excluding tert-OH is 4. The topological polar surface area (TPSA) is 156 Å². The van der Waals surface area contributed by atoms with E-state index in [0.29, 0.717) is 32.6 Å². The lowest BCUT2D eigenvalue weighted by Crippen LogP contribution is -2.58. The van der Waals surface area contributed by atoms with Crippen molar-refractivity contribution >= 4 is 0 Å². The average molecular weight is 374 g/mol. The summed E-state index contributed by atoms with van der Waals surface area (Å²) in [4.78, 5) is 0. The second-order valence-electron chi connectivity index (χ2n) is 6.82. The average Bonchev–Trinajstić information content (AvgIpc) is 3.04. The van der Waals surface area contributed by atoms with Crippen LogP contribution in [0.1, 0.15) is 31.9 Å². The summed E-state index contributed by atoms with van der Waals surface area (Å²) in [6.07, 6.45) is -1.53. The minimum atomic E-state index is -1.32. The maximum atomic E-state index is 9.96. The number of unbranched alkanes of at least 4 members (excludes halogenated alkanes) is 1. The van der Waals surface area contributed by atoms with E-state index in [1.165, 1.54) is 0 Å². The Morgan fingerprint density at radius 2 is 1.96 bits per heavy atom. The fourth-order valence-corrected chi connectivity index (χ4v) is 2.93. The predicted octanol–water partition coefficient (Wildman–Crippen LogP) is -1.85. The lowest BCUT2D eigenvalue weighted by Gasteiger charge is -2.40. The summed E-state index contributed by atoms with van der Waals surface area (Å²) in [6, 6.07) is 0.00730. The van der Waals surface area contributed by atoms with Crippen molar-refractivity contribution in [3.8, 4) is 0 Å². The van der Waals surface area contributed by atoms with E-state index in [2.05, 4.69) is 10.3 Å². The van der Waals surface area contributed by atoms with Crippen molar-refractivity contribution in [2.24, 2.45) is 5.73 Å². The van der Waals surface area contributed by atoms with Gasteiger partial charge in [0.05, 0.1) is 32.1 Å². The number of aliphatic hydroxyl groups is 4. The molecule has 5 unspecified atom stereocenters. The molecule has 150 valence electrons. The quantitative estimate of drug-likeness (QED) is 0.297. The molecule has 0 saturated carbocycles. The van der Waals surface area contributed by atoms with E-state index in [1.807, 2.05) is 6.92 Å². The van der Waals surface area contributed by atoms with Crippen LogP contribution in [0.3, 0.4) is 0 Å². The Hall–Kier alpha value is -1.14. The van der Waals surface area contributed by atoms with Gasteiger partial charge < -0.3 is 35.6 Å². The standard InChI is InChI=1S/C16H30N4O6/c1-10(17)6-20-7-11(18-19-20)9-25-5-3-2-4-12-14(22)16(24)15(23)13(8-21)26-12/h7,10,12-16,21-24H,2-6,8-9,17H2,1H3/t10-,12?,13?,14?,15?,16?/m0/s1. The highest BCUT2D eigenvalue weighted by atomic mass is 16.5. The second-order valence-corrected chi connectivity index (χ2v) is 6.82. The van der Waals surface area contributed by atoms with Crippen molar-refractivity contribution in [2.75, 3.05) is 13.2 Å². The van der Waals surface area contributed by atoms with Crippen LogP contribution >= 0.6 is 0 Å². The first-order valence-electron chi connectivity index (χ1n) is 8.95. The molecule has 10 nitrogen and oxygen atoms in total. The molecule has 0 radical (unpaired) electrons. The van der Waals surface area contributed by atoms with Gasteiger partial charge in [-0.1, -0.05) is 5.21 Å². The molecule has 1 aliphatic rings. The van der Waals surface area contributed by atoms with Crippen LogP contribution < -0.4 is 5.73 Å². The number of nitrogens with two attached hydrogens (primary N) is 1. The smallest absolute Gasteiger partial charge is 0.111 e. The summed E-state index contributed by atoms with van der Waals surface area (Å²) in [5, 5.41) is 46.6. The number of aromatic nitrogens is 3. The minimum absolute atomic E-state index is 0.00730. The number of rotatable bonds is 10. The Bertz CT molecular complexity index is 527. The molecule has 0 spiro atoms. The van der Waals surface area contributed by atoms with Crippen LogP contribution in [0.2, 0.25) is 0 Å². The van der Waals surface area contributed by atoms with Gasteiger partial charge in [-0.3, -0.25) is 4.68 Å². The lowest BCUT2D eigenvalue weighted by molar-refractivity contribution is -0.230. The molecule has 26 heavy (non-hydrogen) atoms. The zero-order chi connectivity index (χ0) is 19.1. The predicted molar refractivity (Wildman–Crippen MR) is 90.9 cm³/mol. The first-order valence-corrected chi connectivity index (χ1v) is 8.95. The van der Waals surface area contributed by atoms with E-state index in [9.17, 15) is 15.3 Å². The SMILES string of the molecule is C[C@H](N)Cn1cc(COCCCCC2OC(CO)C(O)C(O)C2O)nn1.